The first-order valence-electron chi connectivity index (χ1n) is 21.3. The highest BCUT2D eigenvalue weighted by Crippen LogP contribution is 2.49. The molecule has 0 unspecified atom stereocenters. The molecule has 13 rings (SSSR count). The summed E-state index contributed by atoms with van der Waals surface area (Å²) in [5.41, 5.74) is 17.2. The lowest BCUT2D eigenvalue weighted by molar-refractivity contribution is 0.670. The van der Waals surface area contributed by atoms with Gasteiger partial charge in [0.25, 0.3) is 0 Å². The average Bonchev–Trinajstić information content (AvgIpc) is 3.88. The van der Waals surface area contributed by atoms with E-state index in [4.69, 9.17) is 4.42 Å². The van der Waals surface area contributed by atoms with E-state index in [1.165, 1.54) is 76.8 Å². The number of hydrogen-bond acceptors (Lipinski definition) is 2. The molecule has 1 heterocycles. The van der Waals surface area contributed by atoms with Gasteiger partial charge in [-0.25, -0.2) is 0 Å². The minimum Gasteiger partial charge on any atom is -0.455 e. The molecule has 0 saturated heterocycles. The highest BCUT2D eigenvalue weighted by molar-refractivity contribution is 6.16. The van der Waals surface area contributed by atoms with Crippen LogP contribution < -0.4 is 4.90 Å². The zero-order chi connectivity index (χ0) is 40.7. The van der Waals surface area contributed by atoms with E-state index >= 15 is 0 Å². The maximum absolute atomic E-state index is 6.47. The van der Waals surface area contributed by atoms with Gasteiger partial charge in [-0.2, -0.15) is 0 Å². The largest absolute Gasteiger partial charge is 0.455 e. The quantitative estimate of drug-likeness (QED) is 0.156. The van der Waals surface area contributed by atoms with E-state index in [2.05, 4.69) is 217 Å². The molecule has 11 aromatic carbocycles. The first-order valence-corrected chi connectivity index (χ1v) is 21.3. The zero-order valence-corrected chi connectivity index (χ0v) is 33.7. The monoisotopic (exact) mass is 787 g/mol. The zero-order valence-electron chi connectivity index (χ0n) is 33.7. The van der Waals surface area contributed by atoms with Gasteiger partial charge in [0, 0.05) is 33.4 Å². The summed E-state index contributed by atoms with van der Waals surface area (Å²) < 4.78 is 6.47. The molecule has 0 aliphatic heterocycles. The van der Waals surface area contributed by atoms with Crippen molar-refractivity contribution in [1.29, 1.82) is 0 Å². The molecule has 288 valence electrons. The van der Waals surface area contributed by atoms with Crippen molar-refractivity contribution in [1.82, 2.24) is 0 Å². The highest BCUT2D eigenvalue weighted by Gasteiger charge is 2.22. The molecular weight excluding hydrogens is 751 g/mol. The Morgan fingerprint density at radius 3 is 1.68 bits per heavy atom. The first kappa shape index (κ1) is 34.6. The fourth-order valence-corrected chi connectivity index (χ4v) is 10.0. The Morgan fingerprint density at radius 2 is 0.839 bits per heavy atom. The summed E-state index contributed by atoms with van der Waals surface area (Å²) in [6, 6.07) is 81.9. The van der Waals surface area contributed by atoms with Crippen LogP contribution >= 0.6 is 0 Å². The molecule has 1 aliphatic rings. The summed E-state index contributed by atoms with van der Waals surface area (Å²) in [5, 5.41) is 9.91. The Kier molecular flexibility index (Phi) is 7.64. The van der Waals surface area contributed by atoms with Crippen LogP contribution in [0.15, 0.2) is 229 Å². The first-order chi connectivity index (χ1) is 30.7. The highest BCUT2D eigenvalue weighted by atomic mass is 16.3. The Balaban J connectivity index is 0.948. The number of para-hydroxylation sites is 2. The molecule has 0 fully saturated rings. The van der Waals surface area contributed by atoms with Gasteiger partial charge >= 0.3 is 0 Å². The Morgan fingerprint density at radius 1 is 0.274 bits per heavy atom. The summed E-state index contributed by atoms with van der Waals surface area (Å²) in [7, 11) is 0. The van der Waals surface area contributed by atoms with Crippen LogP contribution in [0.3, 0.4) is 0 Å². The van der Waals surface area contributed by atoms with E-state index in [1.54, 1.807) is 0 Å². The van der Waals surface area contributed by atoms with Gasteiger partial charge in [0.1, 0.15) is 11.2 Å². The molecule has 2 heteroatoms. The summed E-state index contributed by atoms with van der Waals surface area (Å²) in [6.07, 6.45) is 0. The van der Waals surface area contributed by atoms with Crippen molar-refractivity contribution in [2.45, 2.75) is 0 Å². The van der Waals surface area contributed by atoms with Crippen LogP contribution in [0.1, 0.15) is 0 Å². The molecule has 0 saturated carbocycles. The van der Waals surface area contributed by atoms with Gasteiger partial charge in [-0.3, -0.25) is 0 Å². The number of nitrogens with zero attached hydrogens (tertiary/aromatic N) is 1. The van der Waals surface area contributed by atoms with Crippen LogP contribution in [0, 0.1) is 0 Å². The minimum atomic E-state index is 0.905. The number of rotatable bonds is 6. The molecule has 1 aromatic heterocycles. The van der Waals surface area contributed by atoms with E-state index in [1.807, 2.05) is 12.1 Å². The normalized spacial score (nSPS) is 11.9. The number of anilines is 3. The molecule has 0 N–H and O–H groups in total. The number of fused-ring (bicyclic) bond motifs is 9. The Hall–Kier alpha value is -8.20. The van der Waals surface area contributed by atoms with Gasteiger partial charge in [0.15, 0.2) is 0 Å². The number of hydrogen-bond donors (Lipinski definition) is 0. The van der Waals surface area contributed by atoms with Gasteiger partial charge in [-0.15, -0.1) is 0 Å². The van der Waals surface area contributed by atoms with Crippen LogP contribution in [-0.4, -0.2) is 0 Å². The third kappa shape index (κ3) is 5.44. The number of benzene rings is 11. The summed E-state index contributed by atoms with van der Waals surface area (Å²) in [5.74, 6) is 0. The maximum Gasteiger partial charge on any atom is 0.143 e. The molecule has 0 atom stereocenters. The van der Waals surface area contributed by atoms with E-state index in [9.17, 15) is 0 Å². The summed E-state index contributed by atoms with van der Waals surface area (Å²) >= 11 is 0. The molecule has 0 radical (unpaired) electrons. The van der Waals surface area contributed by atoms with Crippen molar-refractivity contribution in [3.05, 3.63) is 224 Å². The second kappa shape index (κ2) is 13.7. The second-order valence-corrected chi connectivity index (χ2v) is 16.5. The van der Waals surface area contributed by atoms with Gasteiger partial charge in [-0.1, -0.05) is 164 Å². The molecule has 2 nitrogen and oxygen atoms in total. The van der Waals surface area contributed by atoms with Crippen molar-refractivity contribution >= 4 is 71.3 Å². The van der Waals surface area contributed by atoms with Crippen LogP contribution in [0.5, 0.6) is 0 Å². The van der Waals surface area contributed by atoms with Crippen molar-refractivity contribution in [2.75, 3.05) is 4.90 Å². The molecule has 1 aliphatic carbocycles. The summed E-state index contributed by atoms with van der Waals surface area (Å²) in [4.78, 5) is 2.39. The second-order valence-electron chi connectivity index (χ2n) is 16.5. The van der Waals surface area contributed by atoms with Crippen LogP contribution in [0.4, 0.5) is 17.1 Å². The molecular formula is C60H37NO. The van der Waals surface area contributed by atoms with E-state index in [0.29, 0.717) is 0 Å². The van der Waals surface area contributed by atoms with Crippen molar-refractivity contribution in [3.63, 3.8) is 0 Å². The molecule has 12 aromatic rings. The number of furan rings is 1. The lowest BCUT2D eigenvalue weighted by Gasteiger charge is -2.27. The maximum atomic E-state index is 6.47. The predicted octanol–water partition coefficient (Wildman–Crippen LogP) is 17.2. The molecule has 0 amide bonds. The Labute approximate surface area is 359 Å². The van der Waals surface area contributed by atoms with Gasteiger partial charge < -0.3 is 9.32 Å². The lowest BCUT2D eigenvalue weighted by Crippen LogP contribution is -2.10. The third-order valence-corrected chi connectivity index (χ3v) is 12.9. The van der Waals surface area contributed by atoms with E-state index in [0.717, 1.165) is 50.1 Å². The van der Waals surface area contributed by atoms with Gasteiger partial charge in [-0.05, 0) is 143 Å². The predicted molar refractivity (Wildman–Crippen MR) is 262 cm³/mol. The smallest absolute Gasteiger partial charge is 0.143 e. The molecule has 62 heavy (non-hydrogen) atoms. The van der Waals surface area contributed by atoms with Gasteiger partial charge in [0.05, 0.1) is 0 Å². The molecule has 0 spiro atoms. The van der Waals surface area contributed by atoms with Crippen molar-refractivity contribution in [2.24, 2.45) is 0 Å². The van der Waals surface area contributed by atoms with Crippen LogP contribution in [-0.2, 0) is 0 Å². The standard InChI is InChI=1S/C60H37NO/c1-2-17-49-38(11-1)25-26-43-33-42(29-32-50(43)49)40-12-7-15-47(35-40)61(46-30-27-39(28-31-46)51-21-10-23-56-54-20-5-6-24-58(54)62-60(51)56)48-16-8-13-41(36-48)45-34-44-14-9-22-55-52-18-3-4-19-53(52)57(37-45)59(44)55/h1-37H. The van der Waals surface area contributed by atoms with Crippen molar-refractivity contribution in [3.8, 4) is 55.6 Å². The Bertz CT molecular complexity index is 3760. The van der Waals surface area contributed by atoms with Crippen molar-refractivity contribution < 1.29 is 4.42 Å². The summed E-state index contributed by atoms with van der Waals surface area (Å²) in [6.45, 7) is 0. The van der Waals surface area contributed by atoms with Crippen LogP contribution in [0.25, 0.3) is 110 Å². The third-order valence-electron chi connectivity index (χ3n) is 12.9. The minimum absolute atomic E-state index is 0.905. The average molecular weight is 788 g/mol. The SMILES string of the molecule is c1cc(-c2cc3c4c(cccc4c2)-c2ccccc2-3)cc(N(c2ccc(-c3cccc4c3oc3ccccc34)cc2)c2cccc(-c3ccc4c(ccc5ccccc54)c3)c2)c1. The fourth-order valence-electron chi connectivity index (χ4n) is 10.0. The fraction of sp³-hybridized carbons (Fsp3) is 0. The van der Waals surface area contributed by atoms with Crippen LogP contribution in [0.2, 0.25) is 0 Å². The topological polar surface area (TPSA) is 16.4 Å². The lowest BCUT2D eigenvalue weighted by atomic mass is 9.95. The molecule has 0 bridgehead atoms. The van der Waals surface area contributed by atoms with E-state index in [-0.39, 0.29) is 0 Å². The van der Waals surface area contributed by atoms with E-state index < -0.39 is 0 Å². The van der Waals surface area contributed by atoms with Gasteiger partial charge in [0.2, 0.25) is 0 Å².